The fourth-order valence-corrected chi connectivity index (χ4v) is 19.2. The Balaban J connectivity index is 0.000000228. The predicted octanol–water partition coefficient (Wildman–Crippen LogP) is 13.7. The number of benzene rings is 2. The van der Waals surface area contributed by atoms with Gasteiger partial charge in [0.15, 0.2) is 11.6 Å². The van der Waals surface area contributed by atoms with E-state index in [1.54, 1.807) is 76.5 Å². The first kappa shape index (κ1) is 88.4. The van der Waals surface area contributed by atoms with E-state index < -0.39 is 184 Å². The number of amides is 4. The molecule has 8 aliphatic rings. The van der Waals surface area contributed by atoms with E-state index in [2.05, 4.69) is 19.4 Å². The molecule has 2 saturated heterocycles. The van der Waals surface area contributed by atoms with Crippen LogP contribution < -0.4 is 28.4 Å². The van der Waals surface area contributed by atoms with Crippen LogP contribution in [0, 0.1) is 58.2 Å². The number of ether oxygens (including phenoxy) is 6. The Hall–Kier alpha value is -8.42. The third kappa shape index (κ3) is 19.5. The predicted molar refractivity (Wildman–Crippen MR) is 416 cm³/mol. The van der Waals surface area contributed by atoms with Gasteiger partial charge in [-0.1, -0.05) is 52.0 Å². The van der Waals surface area contributed by atoms with Crippen LogP contribution in [-0.4, -0.2) is 167 Å². The molecule has 4 aliphatic heterocycles. The molecular weight excluding hydrogens is 1560 g/mol. The normalized spacial score (nSPS) is 29.6. The van der Waals surface area contributed by atoms with Gasteiger partial charge >= 0.3 is 24.3 Å². The SMILES string of the molecule is CCOc1ccc2c(O[C@@H]3C[C@H]4C(=O)C[C@]5(C(=O)NS(=O)(=O)C6(C)CC6)C[C@H]5/C=C\CC[C@@H](C)C[C@@H](C)[C@H](CC(=O)OC(C)(C)C(F)(F)F)C(=O)N4C3)nccc2c1.CCOc1ccc2c(O[C@@H]3C[C@H]4C(=O)C[C@]5(C(=O)NS(=O)(=O)C6(C)CC6)C[C@H]5/C=C\CC[C@H](C)C[C@@H](C)[C@H](CC(=O)OC(C)(C)C(F)(F)F)C(=O)N4C3)nccc2c1. The van der Waals surface area contributed by atoms with Gasteiger partial charge in [0.25, 0.3) is 0 Å². The Morgan fingerprint density at radius 2 is 0.905 bits per heavy atom. The molecule has 14 atom stereocenters. The molecule has 32 heteroatoms. The van der Waals surface area contributed by atoms with Gasteiger partial charge in [0.2, 0.25) is 66.6 Å². The summed E-state index contributed by atoms with van der Waals surface area (Å²) >= 11 is 0. The Morgan fingerprint density at radius 1 is 0.543 bits per heavy atom. The number of esters is 2. The van der Waals surface area contributed by atoms with E-state index in [1.165, 1.54) is 9.80 Å². The van der Waals surface area contributed by atoms with Crippen molar-refractivity contribution in [2.45, 2.75) is 256 Å². The molecule has 0 spiro atoms. The summed E-state index contributed by atoms with van der Waals surface area (Å²) in [6.45, 7) is 18.0. The Bertz CT molecular complexity index is 4430. The molecule has 2 aromatic heterocycles. The molecule has 2 aromatic carbocycles. The zero-order chi connectivity index (χ0) is 84.8. The first-order valence-corrected chi connectivity index (χ1v) is 43.2. The molecule has 4 saturated carbocycles. The molecule has 636 valence electrons. The molecule has 0 radical (unpaired) electrons. The number of halogens is 6. The van der Waals surface area contributed by atoms with Crippen molar-refractivity contribution in [2.24, 2.45) is 58.2 Å². The summed E-state index contributed by atoms with van der Waals surface area (Å²) in [5, 5.41) is 2.85. The van der Waals surface area contributed by atoms with Gasteiger partial charge in [0, 0.05) is 48.8 Å². The number of allylic oxidation sites excluding steroid dienone is 4. The van der Waals surface area contributed by atoms with Crippen LogP contribution in [0.1, 0.15) is 199 Å². The topological polar surface area (TPSA) is 317 Å². The molecule has 4 aliphatic carbocycles. The minimum Gasteiger partial charge on any atom is -0.494 e. The fourth-order valence-electron chi connectivity index (χ4n) is 16.6. The summed E-state index contributed by atoms with van der Waals surface area (Å²) in [4.78, 5) is 125. The van der Waals surface area contributed by atoms with Crippen molar-refractivity contribution in [1.29, 1.82) is 0 Å². The van der Waals surface area contributed by atoms with E-state index in [-0.39, 0.29) is 75.2 Å². The second-order valence-electron chi connectivity index (χ2n) is 35.0. The smallest absolute Gasteiger partial charge is 0.427 e. The van der Waals surface area contributed by atoms with E-state index in [9.17, 15) is 81.5 Å². The number of alkyl halides is 6. The third-order valence-corrected chi connectivity index (χ3v) is 29.4. The summed E-state index contributed by atoms with van der Waals surface area (Å²) < 4.78 is 172. The number of sulfonamides is 2. The lowest BCUT2D eigenvalue weighted by molar-refractivity contribution is -0.257. The highest BCUT2D eigenvalue weighted by molar-refractivity contribution is 7.92. The highest BCUT2D eigenvalue weighted by atomic mass is 32.2. The first-order chi connectivity index (χ1) is 54.2. The van der Waals surface area contributed by atoms with Crippen molar-refractivity contribution in [3.05, 3.63) is 85.2 Å². The van der Waals surface area contributed by atoms with E-state index in [1.807, 2.05) is 64.1 Å². The monoisotopic (exact) mass is 1670 g/mol. The van der Waals surface area contributed by atoms with E-state index in [0.717, 1.165) is 38.5 Å². The second kappa shape index (κ2) is 33.8. The number of pyridine rings is 2. The maximum Gasteiger partial charge on any atom is 0.427 e. The lowest BCUT2D eigenvalue weighted by Gasteiger charge is -2.33. The second-order valence-corrected chi connectivity index (χ2v) is 39.4. The number of aromatic nitrogens is 2. The van der Waals surface area contributed by atoms with E-state index in [4.69, 9.17) is 28.4 Å². The zero-order valence-corrected chi connectivity index (χ0v) is 69.4. The molecule has 2 N–H and O–H groups in total. The van der Waals surface area contributed by atoms with Gasteiger partial charge in [0.1, 0.15) is 23.7 Å². The third-order valence-electron chi connectivity index (χ3n) is 25.0. The fraction of sp³-hybridized carbons (Fsp3) is 0.643. The van der Waals surface area contributed by atoms with Gasteiger partial charge in [-0.05, 0) is 227 Å². The van der Waals surface area contributed by atoms with Crippen LogP contribution in [0.3, 0.4) is 0 Å². The molecule has 6 fully saturated rings. The number of nitrogens with zero attached hydrogens (tertiary/aromatic N) is 4. The van der Waals surface area contributed by atoms with E-state index >= 15 is 0 Å². The van der Waals surface area contributed by atoms with Crippen molar-refractivity contribution in [3.8, 4) is 23.3 Å². The van der Waals surface area contributed by atoms with Crippen molar-refractivity contribution in [2.75, 3.05) is 26.3 Å². The largest absolute Gasteiger partial charge is 0.494 e. The van der Waals surface area contributed by atoms with Crippen LogP contribution in [0.2, 0.25) is 0 Å². The summed E-state index contributed by atoms with van der Waals surface area (Å²) in [6.07, 6.45) is 2.78. The highest BCUT2D eigenvalue weighted by Crippen LogP contribution is 2.60. The number of Topliss-reactive ketones (excluding diaryl/α,β-unsaturated/α-hetero) is 2. The summed E-state index contributed by atoms with van der Waals surface area (Å²) in [5.41, 5.74) is -8.37. The van der Waals surface area contributed by atoms with Crippen LogP contribution in [0.15, 0.2) is 85.2 Å². The maximum atomic E-state index is 14.8. The van der Waals surface area contributed by atoms with Gasteiger partial charge in [0.05, 0.1) is 83.4 Å². The zero-order valence-electron chi connectivity index (χ0n) is 67.8. The number of hydrogen-bond donors (Lipinski definition) is 2. The summed E-state index contributed by atoms with van der Waals surface area (Å²) in [6, 6.07) is 12.0. The van der Waals surface area contributed by atoms with Crippen LogP contribution in [-0.2, 0) is 67.9 Å². The molecular formula is C84H108F6N6O18S2. The molecule has 6 heterocycles. The number of ketones is 2. The number of nitrogens with one attached hydrogen (secondary N) is 2. The Labute approximate surface area is 673 Å². The average Bonchev–Trinajstić information content (AvgIpc) is 1.57. The van der Waals surface area contributed by atoms with Crippen molar-refractivity contribution >= 4 is 88.7 Å². The minimum absolute atomic E-state index is 0.0166. The average molecular weight is 1670 g/mol. The van der Waals surface area contributed by atoms with Gasteiger partial charge in [-0.15, -0.1) is 0 Å². The molecule has 0 unspecified atom stereocenters. The molecule has 4 amide bonds. The maximum absolute atomic E-state index is 14.8. The van der Waals surface area contributed by atoms with Crippen LogP contribution in [0.4, 0.5) is 26.3 Å². The quantitative estimate of drug-likeness (QED) is 0.0472. The highest BCUT2D eigenvalue weighted by Gasteiger charge is 2.65. The Kier molecular flexibility index (Phi) is 25.7. The molecule has 116 heavy (non-hydrogen) atoms. The molecule has 4 aromatic rings. The van der Waals surface area contributed by atoms with Gasteiger partial charge in [-0.3, -0.25) is 47.8 Å². The Morgan fingerprint density at radius 3 is 1.24 bits per heavy atom. The van der Waals surface area contributed by atoms with Crippen LogP contribution in [0.25, 0.3) is 21.5 Å². The number of hydrogen-bond acceptors (Lipinski definition) is 20. The summed E-state index contributed by atoms with van der Waals surface area (Å²) in [5.74, 6) is -8.53. The number of carbonyl (C=O) groups is 8. The van der Waals surface area contributed by atoms with Gasteiger partial charge < -0.3 is 38.2 Å². The lowest BCUT2D eigenvalue weighted by atomic mass is 9.82. The van der Waals surface area contributed by atoms with Crippen molar-refractivity contribution in [1.82, 2.24) is 29.2 Å². The van der Waals surface area contributed by atoms with Crippen molar-refractivity contribution in [3.63, 3.8) is 0 Å². The van der Waals surface area contributed by atoms with Crippen LogP contribution >= 0.6 is 0 Å². The number of carbonyl (C=O) groups excluding carboxylic acids is 8. The standard InChI is InChI=1S/2C42H54F3N3O9S/c2*1-7-55-29-12-13-31-27(19-29)14-17-46-36(31)56-30-20-33-34(49)23-41(38(52)47-58(53,54)40(6)15-16-40)22-28(41)11-9-8-10-25(2)18-26(3)32(37(51)48(33)24-30)21-35(50)57-39(4,5)42(43,44)45/h2*9,11-14,17,19,25-26,28,30,32-33H,7-8,10,15-16,18,20-24H2,1-6H3,(H,47,52)/b2*11-9-/t25-,26+,28+,30+,32-,33-,41+;25-,26-,28-,30-,32+,33+,41-/m01/s1. The molecule has 12 rings (SSSR count). The van der Waals surface area contributed by atoms with Crippen LogP contribution in [0.5, 0.6) is 23.3 Å². The van der Waals surface area contributed by atoms with E-state index in [0.29, 0.717) is 99.7 Å². The summed E-state index contributed by atoms with van der Waals surface area (Å²) in [7, 11) is -8.05. The molecule has 0 bridgehead atoms. The minimum atomic E-state index is -4.86. The van der Waals surface area contributed by atoms with Gasteiger partial charge in [-0.2, -0.15) is 26.3 Å². The van der Waals surface area contributed by atoms with Gasteiger partial charge in [-0.25, -0.2) is 26.8 Å². The lowest BCUT2D eigenvalue weighted by Crippen LogP contribution is -2.48. The number of fused-ring (bicyclic) bond motifs is 6. The number of rotatable bonds is 20. The van der Waals surface area contributed by atoms with Crippen molar-refractivity contribution < 1.29 is 110 Å². The molecule has 24 nitrogen and oxygen atoms in total. The first-order valence-electron chi connectivity index (χ1n) is 40.3.